The van der Waals surface area contributed by atoms with E-state index in [0.717, 1.165) is 6.08 Å². The van der Waals surface area contributed by atoms with E-state index in [1.165, 1.54) is 16.8 Å². The zero-order chi connectivity index (χ0) is 16.2. The van der Waals surface area contributed by atoms with Gasteiger partial charge in [0.1, 0.15) is 17.3 Å². The number of aliphatic hydroxyl groups excluding tert-OH is 1. The van der Waals surface area contributed by atoms with Gasteiger partial charge in [0.25, 0.3) is 0 Å². The van der Waals surface area contributed by atoms with E-state index >= 15 is 0 Å². The topological polar surface area (TPSA) is 110 Å². The Hall–Kier alpha value is -3.36. The molecular formula is C14H11FN6O2. The summed E-state index contributed by atoms with van der Waals surface area (Å²) in [5.41, 5.74) is 0.645. The van der Waals surface area contributed by atoms with E-state index < -0.39 is 5.78 Å². The number of rotatable bonds is 5. The molecule has 0 fully saturated rings. The highest BCUT2D eigenvalue weighted by Crippen LogP contribution is 2.12. The second-order valence-electron chi connectivity index (χ2n) is 4.62. The zero-order valence-corrected chi connectivity index (χ0v) is 11.7. The summed E-state index contributed by atoms with van der Waals surface area (Å²) in [6, 6.07) is 7.85. The van der Waals surface area contributed by atoms with Gasteiger partial charge in [-0.05, 0) is 17.3 Å². The van der Waals surface area contributed by atoms with Gasteiger partial charge < -0.3 is 5.11 Å². The summed E-state index contributed by atoms with van der Waals surface area (Å²) < 4.78 is 15.1. The van der Waals surface area contributed by atoms with E-state index in [-0.39, 0.29) is 29.6 Å². The molecule has 116 valence electrons. The second kappa shape index (κ2) is 6.18. The number of aromatic nitrogens is 6. The molecule has 1 aromatic carbocycles. The maximum absolute atomic E-state index is 13.6. The molecule has 0 aliphatic heterocycles. The molecule has 0 aliphatic rings. The van der Waals surface area contributed by atoms with Crippen molar-refractivity contribution in [1.82, 2.24) is 30.4 Å². The first-order valence-electron chi connectivity index (χ1n) is 6.59. The summed E-state index contributed by atoms with van der Waals surface area (Å²) in [6.07, 6.45) is 2.52. The van der Waals surface area contributed by atoms with Gasteiger partial charge in [-0.1, -0.05) is 18.2 Å². The maximum Gasteiger partial charge on any atom is 0.244 e. The van der Waals surface area contributed by atoms with E-state index in [0.29, 0.717) is 5.56 Å². The molecule has 0 amide bonds. The van der Waals surface area contributed by atoms with Crippen molar-refractivity contribution < 1.29 is 14.3 Å². The minimum Gasteiger partial charge on any atom is -0.505 e. The van der Waals surface area contributed by atoms with Crippen molar-refractivity contribution in [3.8, 4) is 0 Å². The van der Waals surface area contributed by atoms with Crippen molar-refractivity contribution in [2.45, 2.75) is 6.54 Å². The van der Waals surface area contributed by atoms with E-state index in [1.807, 2.05) is 0 Å². The normalized spacial score (nSPS) is 11.6. The number of carbonyl (C=O) groups is 1. The fourth-order valence-corrected chi connectivity index (χ4v) is 1.92. The van der Waals surface area contributed by atoms with Crippen LogP contribution in [0, 0.1) is 5.82 Å². The Balaban J connectivity index is 1.76. The number of allylic oxidation sites excluding steroid dienone is 1. The van der Waals surface area contributed by atoms with Crippen molar-refractivity contribution in [3.05, 3.63) is 65.5 Å². The Morgan fingerprint density at radius 2 is 2.17 bits per heavy atom. The van der Waals surface area contributed by atoms with Gasteiger partial charge in [-0.25, -0.2) is 4.39 Å². The van der Waals surface area contributed by atoms with Crippen LogP contribution in [0.25, 0.3) is 5.76 Å². The molecule has 8 nitrogen and oxygen atoms in total. The van der Waals surface area contributed by atoms with E-state index in [9.17, 15) is 14.3 Å². The molecule has 0 spiro atoms. The van der Waals surface area contributed by atoms with E-state index in [1.54, 1.807) is 24.4 Å². The molecule has 0 radical (unpaired) electrons. The largest absolute Gasteiger partial charge is 0.505 e. The van der Waals surface area contributed by atoms with Crippen molar-refractivity contribution in [1.29, 1.82) is 0 Å². The number of benzene rings is 1. The number of carbonyl (C=O) groups excluding carboxylic acids is 1. The number of ketones is 1. The molecular weight excluding hydrogens is 303 g/mol. The van der Waals surface area contributed by atoms with Gasteiger partial charge in [-0.2, -0.15) is 10.3 Å². The Labute approximate surface area is 129 Å². The smallest absolute Gasteiger partial charge is 0.244 e. The second-order valence-corrected chi connectivity index (χ2v) is 4.62. The first-order valence-corrected chi connectivity index (χ1v) is 6.59. The van der Waals surface area contributed by atoms with E-state index in [4.69, 9.17) is 0 Å². The zero-order valence-electron chi connectivity index (χ0n) is 11.7. The summed E-state index contributed by atoms with van der Waals surface area (Å²) in [4.78, 5) is 11.7. The van der Waals surface area contributed by atoms with Crippen molar-refractivity contribution in [2.75, 3.05) is 0 Å². The van der Waals surface area contributed by atoms with Gasteiger partial charge in [0, 0.05) is 17.8 Å². The van der Waals surface area contributed by atoms with Crippen LogP contribution in [0.3, 0.4) is 0 Å². The van der Waals surface area contributed by atoms with Gasteiger partial charge in [0.05, 0.1) is 6.54 Å². The highest BCUT2D eigenvalue weighted by atomic mass is 19.1. The van der Waals surface area contributed by atoms with Crippen LogP contribution in [0.4, 0.5) is 4.39 Å². The quantitative estimate of drug-likeness (QED) is 0.418. The van der Waals surface area contributed by atoms with Crippen LogP contribution in [-0.2, 0) is 6.54 Å². The van der Waals surface area contributed by atoms with Crippen LogP contribution < -0.4 is 0 Å². The number of halogens is 1. The fourth-order valence-electron chi connectivity index (χ4n) is 1.92. The first-order chi connectivity index (χ1) is 11.1. The average molecular weight is 314 g/mol. The molecule has 2 N–H and O–H groups in total. The molecule has 2 heterocycles. The summed E-state index contributed by atoms with van der Waals surface area (Å²) in [5, 5.41) is 26.5. The minimum atomic E-state index is -0.611. The third-order valence-electron chi connectivity index (χ3n) is 3.03. The van der Waals surface area contributed by atoms with Gasteiger partial charge >= 0.3 is 0 Å². The Morgan fingerprint density at radius 3 is 2.91 bits per heavy atom. The van der Waals surface area contributed by atoms with Crippen LogP contribution in [0.15, 0.2) is 42.6 Å². The number of tetrazole rings is 1. The number of hydrogen-bond acceptors (Lipinski definition) is 6. The summed E-state index contributed by atoms with van der Waals surface area (Å²) in [7, 11) is 0. The van der Waals surface area contributed by atoms with Crippen LogP contribution in [0.1, 0.15) is 21.9 Å². The van der Waals surface area contributed by atoms with Gasteiger partial charge in [-0.15, -0.1) is 10.2 Å². The molecule has 0 unspecified atom stereocenters. The molecule has 0 saturated heterocycles. The average Bonchev–Trinajstić information content (AvgIpc) is 3.21. The van der Waals surface area contributed by atoms with Gasteiger partial charge in [0.15, 0.2) is 0 Å². The van der Waals surface area contributed by atoms with Crippen molar-refractivity contribution in [3.63, 3.8) is 0 Å². The Kier molecular flexibility index (Phi) is 3.91. The fraction of sp³-hybridized carbons (Fsp3) is 0.0714. The SMILES string of the molecule is O=C(C=C(O)c1ccn(Cc2ccccc2F)n1)c1nn[nH]n1. The first kappa shape index (κ1) is 14.6. The predicted octanol–water partition coefficient (Wildman–Crippen LogP) is 1.37. The summed E-state index contributed by atoms with van der Waals surface area (Å²) in [5.74, 6) is -1.45. The van der Waals surface area contributed by atoms with Gasteiger partial charge in [0.2, 0.25) is 11.6 Å². The van der Waals surface area contributed by atoms with Gasteiger partial charge in [-0.3, -0.25) is 9.48 Å². The number of aromatic amines is 1. The number of H-pyrrole nitrogens is 1. The maximum atomic E-state index is 13.6. The standard InChI is InChI=1S/C14H11FN6O2/c15-10-4-2-1-3-9(10)8-21-6-5-11(18-21)12(22)7-13(23)14-16-19-20-17-14/h1-7,22H,8H2,(H,16,17,19,20). The van der Waals surface area contributed by atoms with Crippen molar-refractivity contribution in [2.24, 2.45) is 0 Å². The third kappa shape index (κ3) is 3.28. The van der Waals surface area contributed by atoms with Crippen LogP contribution in [-0.4, -0.2) is 41.3 Å². The highest BCUT2D eigenvalue weighted by molar-refractivity contribution is 6.04. The summed E-state index contributed by atoms with van der Waals surface area (Å²) in [6.45, 7) is 0.207. The van der Waals surface area contributed by atoms with E-state index in [2.05, 4.69) is 25.7 Å². The Morgan fingerprint density at radius 1 is 1.35 bits per heavy atom. The lowest BCUT2D eigenvalue weighted by Gasteiger charge is -2.03. The Bertz CT molecular complexity index is 856. The molecule has 0 aliphatic carbocycles. The predicted molar refractivity (Wildman–Crippen MR) is 76.8 cm³/mol. The number of hydrogen-bond donors (Lipinski definition) is 2. The highest BCUT2D eigenvalue weighted by Gasteiger charge is 2.12. The molecule has 23 heavy (non-hydrogen) atoms. The third-order valence-corrected chi connectivity index (χ3v) is 3.03. The van der Waals surface area contributed by atoms with Crippen LogP contribution in [0.5, 0.6) is 0 Å². The molecule has 0 saturated carbocycles. The molecule has 0 atom stereocenters. The van der Waals surface area contributed by atoms with Crippen LogP contribution >= 0.6 is 0 Å². The molecule has 9 heteroatoms. The lowest BCUT2D eigenvalue weighted by atomic mass is 10.2. The minimum absolute atomic E-state index is 0.165. The van der Waals surface area contributed by atoms with Crippen LogP contribution in [0.2, 0.25) is 0 Å². The molecule has 0 bridgehead atoms. The number of aliphatic hydroxyl groups is 1. The lowest BCUT2D eigenvalue weighted by Crippen LogP contribution is -2.04. The summed E-state index contributed by atoms with van der Waals surface area (Å²) >= 11 is 0. The van der Waals surface area contributed by atoms with Crippen molar-refractivity contribution >= 4 is 11.5 Å². The monoisotopic (exact) mass is 314 g/mol. The number of nitrogens with one attached hydrogen (secondary N) is 1. The molecule has 2 aromatic heterocycles. The molecule has 3 aromatic rings. The number of nitrogens with zero attached hydrogens (tertiary/aromatic N) is 5. The lowest BCUT2D eigenvalue weighted by molar-refractivity contribution is 0.103. The molecule has 3 rings (SSSR count).